The van der Waals surface area contributed by atoms with Gasteiger partial charge in [0.25, 0.3) is 5.91 Å². The van der Waals surface area contributed by atoms with Gasteiger partial charge in [0.2, 0.25) is 5.95 Å². The Labute approximate surface area is 226 Å². The maximum atomic E-state index is 13.0. The minimum Gasteiger partial charge on any atom is -0.486 e. The Kier molecular flexibility index (Phi) is 6.54. The van der Waals surface area contributed by atoms with Crippen LogP contribution in [0, 0.1) is 6.92 Å². The SMILES string of the molecule is Cc1nc(NC2CCN(C(=O)c3cccc(Cl)c3)[C@H](C)C2)nc2ccc(-c3cccc4c3OCCO4)cc12. The van der Waals surface area contributed by atoms with E-state index in [4.69, 9.17) is 31.0 Å². The minimum absolute atomic E-state index is 0.0173. The second kappa shape index (κ2) is 10.1. The number of hydrogen-bond donors (Lipinski definition) is 1. The van der Waals surface area contributed by atoms with Crippen LogP contribution >= 0.6 is 11.6 Å². The molecular formula is C30H29ClN4O3. The van der Waals surface area contributed by atoms with Gasteiger partial charge in [-0.25, -0.2) is 9.97 Å². The van der Waals surface area contributed by atoms with Gasteiger partial charge in [-0.1, -0.05) is 35.9 Å². The van der Waals surface area contributed by atoms with E-state index in [9.17, 15) is 4.79 Å². The molecule has 1 N–H and O–H groups in total. The number of nitrogens with zero attached hydrogens (tertiary/aromatic N) is 3. The number of aryl methyl sites for hydroxylation is 1. The molecule has 2 aliphatic rings. The summed E-state index contributed by atoms with van der Waals surface area (Å²) in [5.41, 5.74) is 4.45. The van der Waals surface area contributed by atoms with Crippen molar-refractivity contribution < 1.29 is 14.3 Å². The van der Waals surface area contributed by atoms with Crippen molar-refractivity contribution in [2.45, 2.75) is 38.8 Å². The molecule has 6 rings (SSSR count). The standard InChI is InChI=1S/C30H29ClN4O3/c1-18-15-23(11-12-35(18)29(36)21-5-3-6-22(31)16-21)33-30-32-19(2)25-17-20(9-10-26(25)34-30)24-7-4-8-27-28(24)38-14-13-37-27/h3-10,16-18,23H,11-15H2,1-2H3,(H,32,33,34)/t18-,23?/m1/s1. The van der Waals surface area contributed by atoms with Gasteiger partial charge in [-0.2, -0.15) is 0 Å². The summed E-state index contributed by atoms with van der Waals surface area (Å²) >= 11 is 6.09. The number of carbonyl (C=O) groups is 1. The fraction of sp³-hybridized carbons (Fsp3) is 0.300. The first-order valence-corrected chi connectivity index (χ1v) is 13.3. The largest absolute Gasteiger partial charge is 0.486 e. The molecule has 0 spiro atoms. The maximum Gasteiger partial charge on any atom is 0.254 e. The third kappa shape index (κ3) is 4.74. The number of ether oxygens (including phenoxy) is 2. The van der Waals surface area contributed by atoms with E-state index in [2.05, 4.69) is 24.4 Å². The number of rotatable bonds is 4. The van der Waals surface area contributed by atoms with Crippen LogP contribution in [0.4, 0.5) is 5.95 Å². The summed E-state index contributed by atoms with van der Waals surface area (Å²) in [6, 6.07) is 19.6. The van der Waals surface area contributed by atoms with Crippen molar-refractivity contribution in [2.24, 2.45) is 0 Å². The van der Waals surface area contributed by atoms with Crippen molar-refractivity contribution in [3.05, 3.63) is 76.9 Å². The van der Waals surface area contributed by atoms with E-state index in [0.29, 0.717) is 36.3 Å². The van der Waals surface area contributed by atoms with Gasteiger partial charge in [0.15, 0.2) is 11.5 Å². The van der Waals surface area contributed by atoms with Gasteiger partial charge < -0.3 is 19.7 Å². The first-order valence-electron chi connectivity index (χ1n) is 13.0. The fourth-order valence-corrected chi connectivity index (χ4v) is 5.58. The summed E-state index contributed by atoms with van der Waals surface area (Å²) in [6.45, 7) is 5.86. The van der Waals surface area contributed by atoms with Crippen molar-refractivity contribution in [1.82, 2.24) is 14.9 Å². The van der Waals surface area contributed by atoms with Crippen molar-refractivity contribution in [3.8, 4) is 22.6 Å². The molecule has 0 bridgehead atoms. The zero-order chi connectivity index (χ0) is 26.2. The Hall–Kier alpha value is -3.84. The summed E-state index contributed by atoms with van der Waals surface area (Å²) in [7, 11) is 0. The van der Waals surface area contributed by atoms with Gasteiger partial charge >= 0.3 is 0 Å². The van der Waals surface area contributed by atoms with Gasteiger partial charge in [0.05, 0.1) is 11.2 Å². The summed E-state index contributed by atoms with van der Waals surface area (Å²) in [4.78, 5) is 24.6. The predicted octanol–water partition coefficient (Wildman–Crippen LogP) is 6.14. The molecule has 0 saturated carbocycles. The minimum atomic E-state index is 0.0173. The van der Waals surface area contributed by atoms with E-state index in [0.717, 1.165) is 52.1 Å². The average Bonchev–Trinajstić information content (AvgIpc) is 2.92. The first-order chi connectivity index (χ1) is 18.5. The molecule has 194 valence electrons. The number of fused-ring (bicyclic) bond motifs is 2. The molecule has 1 saturated heterocycles. The fourth-order valence-electron chi connectivity index (χ4n) is 5.39. The number of carbonyl (C=O) groups excluding carboxylic acids is 1. The van der Waals surface area contributed by atoms with E-state index < -0.39 is 0 Å². The Balaban J connectivity index is 1.18. The lowest BCUT2D eigenvalue weighted by atomic mass is 9.97. The maximum absolute atomic E-state index is 13.0. The van der Waals surface area contributed by atoms with E-state index in [1.54, 1.807) is 12.1 Å². The van der Waals surface area contributed by atoms with Crippen molar-refractivity contribution in [1.29, 1.82) is 0 Å². The first kappa shape index (κ1) is 24.5. The number of benzene rings is 3. The van der Waals surface area contributed by atoms with Crippen molar-refractivity contribution in [2.75, 3.05) is 25.1 Å². The normalized spacial score (nSPS) is 18.9. The Morgan fingerprint density at radius 3 is 2.74 bits per heavy atom. The van der Waals surface area contributed by atoms with Gasteiger partial charge in [-0.3, -0.25) is 4.79 Å². The zero-order valence-corrected chi connectivity index (χ0v) is 22.2. The van der Waals surface area contributed by atoms with Crippen LogP contribution in [0.15, 0.2) is 60.7 Å². The lowest BCUT2D eigenvalue weighted by molar-refractivity contribution is 0.0625. The van der Waals surface area contributed by atoms with Crippen LogP contribution in [-0.4, -0.2) is 52.6 Å². The topological polar surface area (TPSA) is 76.6 Å². The molecular weight excluding hydrogens is 500 g/mol. The highest BCUT2D eigenvalue weighted by atomic mass is 35.5. The Morgan fingerprint density at radius 2 is 1.89 bits per heavy atom. The highest BCUT2D eigenvalue weighted by molar-refractivity contribution is 6.31. The summed E-state index contributed by atoms with van der Waals surface area (Å²) in [6.07, 6.45) is 1.63. The molecule has 1 unspecified atom stereocenters. The van der Waals surface area contributed by atoms with Crippen LogP contribution < -0.4 is 14.8 Å². The lowest BCUT2D eigenvalue weighted by Crippen LogP contribution is -2.48. The number of para-hydroxylation sites is 1. The molecule has 1 aromatic heterocycles. The predicted molar refractivity (Wildman–Crippen MR) is 149 cm³/mol. The summed E-state index contributed by atoms with van der Waals surface area (Å²) < 4.78 is 11.7. The number of amides is 1. The smallest absolute Gasteiger partial charge is 0.254 e. The number of anilines is 1. The number of piperidine rings is 1. The van der Waals surface area contributed by atoms with Crippen LogP contribution in [-0.2, 0) is 0 Å². The number of likely N-dealkylation sites (tertiary alicyclic amines) is 1. The van der Waals surface area contributed by atoms with Crippen molar-refractivity contribution >= 4 is 34.4 Å². The average molecular weight is 529 g/mol. The molecule has 8 heteroatoms. The van der Waals surface area contributed by atoms with Crippen LogP contribution in [0.3, 0.4) is 0 Å². The molecule has 7 nitrogen and oxygen atoms in total. The number of hydrogen-bond acceptors (Lipinski definition) is 6. The molecule has 0 aliphatic carbocycles. The summed E-state index contributed by atoms with van der Waals surface area (Å²) in [5.74, 6) is 2.19. The van der Waals surface area contributed by atoms with Crippen molar-refractivity contribution in [3.63, 3.8) is 0 Å². The molecule has 2 aliphatic heterocycles. The van der Waals surface area contributed by atoms with E-state index >= 15 is 0 Å². The molecule has 1 fully saturated rings. The monoisotopic (exact) mass is 528 g/mol. The number of aromatic nitrogens is 2. The van der Waals surface area contributed by atoms with Gasteiger partial charge in [0.1, 0.15) is 13.2 Å². The highest BCUT2D eigenvalue weighted by Gasteiger charge is 2.30. The van der Waals surface area contributed by atoms with Crippen LogP contribution in [0.25, 0.3) is 22.0 Å². The third-order valence-corrected chi connectivity index (χ3v) is 7.54. The van der Waals surface area contributed by atoms with Gasteiger partial charge in [-0.05, 0) is 68.7 Å². The van der Waals surface area contributed by atoms with E-state index in [-0.39, 0.29) is 18.0 Å². The lowest BCUT2D eigenvalue weighted by Gasteiger charge is -2.38. The van der Waals surface area contributed by atoms with E-state index in [1.165, 1.54) is 0 Å². The van der Waals surface area contributed by atoms with Crippen LogP contribution in [0.1, 0.15) is 35.8 Å². The number of nitrogens with one attached hydrogen (secondary N) is 1. The Morgan fingerprint density at radius 1 is 1.05 bits per heavy atom. The van der Waals surface area contributed by atoms with Gasteiger partial charge in [-0.15, -0.1) is 0 Å². The van der Waals surface area contributed by atoms with E-state index in [1.807, 2.05) is 48.2 Å². The highest BCUT2D eigenvalue weighted by Crippen LogP contribution is 2.40. The molecule has 1 amide bonds. The quantitative estimate of drug-likeness (QED) is 0.343. The molecule has 3 aromatic carbocycles. The van der Waals surface area contributed by atoms with Crippen LogP contribution in [0.2, 0.25) is 5.02 Å². The molecule has 3 heterocycles. The Bertz CT molecular complexity index is 1530. The second-order valence-corrected chi connectivity index (χ2v) is 10.4. The molecule has 38 heavy (non-hydrogen) atoms. The van der Waals surface area contributed by atoms with Crippen LogP contribution in [0.5, 0.6) is 11.5 Å². The second-order valence-electron chi connectivity index (χ2n) is 9.92. The molecule has 0 radical (unpaired) electrons. The molecule has 2 atom stereocenters. The van der Waals surface area contributed by atoms with Gasteiger partial charge in [0, 0.05) is 40.2 Å². The zero-order valence-electron chi connectivity index (χ0n) is 21.4. The summed E-state index contributed by atoms with van der Waals surface area (Å²) in [5, 5.41) is 5.09. The third-order valence-electron chi connectivity index (χ3n) is 7.31. The number of halogens is 1. The molecule has 4 aromatic rings.